The van der Waals surface area contributed by atoms with Crippen molar-refractivity contribution in [3.63, 3.8) is 0 Å². The highest BCUT2D eigenvalue weighted by molar-refractivity contribution is 5.43. The summed E-state index contributed by atoms with van der Waals surface area (Å²) in [6, 6.07) is 13.7. The van der Waals surface area contributed by atoms with Crippen LogP contribution in [0.15, 0.2) is 42.5 Å². The summed E-state index contributed by atoms with van der Waals surface area (Å²) in [6.45, 7) is 3.91. The van der Waals surface area contributed by atoms with Gasteiger partial charge in [0.25, 0.3) is 0 Å². The lowest BCUT2D eigenvalue weighted by Crippen LogP contribution is -2.35. The van der Waals surface area contributed by atoms with Crippen LogP contribution in [0.3, 0.4) is 0 Å². The van der Waals surface area contributed by atoms with Crippen LogP contribution in [-0.4, -0.2) is 37.8 Å². The Labute approximate surface area is 159 Å². The van der Waals surface area contributed by atoms with Gasteiger partial charge in [0.05, 0.1) is 6.61 Å². The summed E-state index contributed by atoms with van der Waals surface area (Å²) in [5.41, 5.74) is 3.85. The summed E-state index contributed by atoms with van der Waals surface area (Å²) in [6.07, 6.45) is 1.10. The Morgan fingerprint density at radius 1 is 1.11 bits per heavy atom. The maximum absolute atomic E-state index is 12.5. The minimum Gasteiger partial charge on any atom is -0.490 e. The standard InChI is InChI=1S/C21H26F2N2O2/c1-2-26-20-13-16(7-8-19(20)27-21(22)23)14-24-10-12-25-11-9-17-5-3-4-6-18(17)15-25/h3-8,13,21,24H,2,9-12,14-15H2,1H3. The van der Waals surface area contributed by atoms with Gasteiger partial charge in [0.15, 0.2) is 11.5 Å². The van der Waals surface area contributed by atoms with E-state index in [4.69, 9.17) is 4.74 Å². The number of nitrogens with one attached hydrogen (secondary N) is 1. The Morgan fingerprint density at radius 2 is 1.93 bits per heavy atom. The first-order chi connectivity index (χ1) is 13.2. The molecule has 146 valence electrons. The molecule has 0 fully saturated rings. The van der Waals surface area contributed by atoms with Gasteiger partial charge in [-0.1, -0.05) is 30.3 Å². The SMILES string of the molecule is CCOc1cc(CNCCN2CCc3ccccc3C2)ccc1OC(F)F. The van der Waals surface area contributed by atoms with E-state index in [0.29, 0.717) is 18.9 Å². The van der Waals surface area contributed by atoms with Gasteiger partial charge in [-0.2, -0.15) is 8.78 Å². The molecule has 6 heteroatoms. The summed E-state index contributed by atoms with van der Waals surface area (Å²) >= 11 is 0. The molecule has 0 amide bonds. The molecule has 1 N–H and O–H groups in total. The molecule has 3 rings (SSSR count). The first-order valence-electron chi connectivity index (χ1n) is 9.36. The van der Waals surface area contributed by atoms with E-state index in [1.54, 1.807) is 12.1 Å². The highest BCUT2D eigenvalue weighted by Crippen LogP contribution is 2.29. The van der Waals surface area contributed by atoms with Crippen LogP contribution in [-0.2, 0) is 19.5 Å². The van der Waals surface area contributed by atoms with Crippen molar-refractivity contribution in [1.29, 1.82) is 0 Å². The lowest BCUT2D eigenvalue weighted by molar-refractivity contribution is -0.0514. The number of alkyl halides is 2. The first-order valence-corrected chi connectivity index (χ1v) is 9.36. The van der Waals surface area contributed by atoms with Crippen LogP contribution in [0.5, 0.6) is 11.5 Å². The quantitative estimate of drug-likeness (QED) is 0.675. The van der Waals surface area contributed by atoms with Gasteiger partial charge in [0.2, 0.25) is 0 Å². The molecule has 4 nitrogen and oxygen atoms in total. The van der Waals surface area contributed by atoms with Gasteiger partial charge in [-0.25, -0.2) is 0 Å². The van der Waals surface area contributed by atoms with E-state index in [-0.39, 0.29) is 5.75 Å². The van der Waals surface area contributed by atoms with Crippen molar-refractivity contribution in [2.24, 2.45) is 0 Å². The van der Waals surface area contributed by atoms with Crippen LogP contribution in [0.25, 0.3) is 0 Å². The zero-order valence-corrected chi connectivity index (χ0v) is 15.6. The minimum absolute atomic E-state index is 0.0718. The molecule has 27 heavy (non-hydrogen) atoms. The van der Waals surface area contributed by atoms with E-state index < -0.39 is 6.61 Å². The highest BCUT2D eigenvalue weighted by atomic mass is 19.3. The minimum atomic E-state index is -2.86. The van der Waals surface area contributed by atoms with Crippen LogP contribution in [0.1, 0.15) is 23.6 Å². The molecule has 1 heterocycles. The molecular formula is C21H26F2N2O2. The van der Waals surface area contributed by atoms with Gasteiger partial charge < -0.3 is 14.8 Å². The maximum Gasteiger partial charge on any atom is 0.387 e. The number of benzene rings is 2. The van der Waals surface area contributed by atoms with E-state index in [1.807, 2.05) is 6.92 Å². The third-order valence-electron chi connectivity index (χ3n) is 4.67. The van der Waals surface area contributed by atoms with Gasteiger partial charge in [-0.3, -0.25) is 4.90 Å². The number of rotatable bonds is 9. The zero-order chi connectivity index (χ0) is 19.1. The largest absolute Gasteiger partial charge is 0.490 e. The Kier molecular flexibility index (Phi) is 7.01. The van der Waals surface area contributed by atoms with Crippen molar-refractivity contribution >= 4 is 0 Å². The average molecular weight is 376 g/mol. The first kappa shape index (κ1) is 19.6. The summed E-state index contributed by atoms with van der Waals surface area (Å²) < 4.78 is 34.8. The van der Waals surface area contributed by atoms with E-state index in [1.165, 1.54) is 17.2 Å². The van der Waals surface area contributed by atoms with Crippen molar-refractivity contribution in [2.45, 2.75) is 33.0 Å². The van der Waals surface area contributed by atoms with Gasteiger partial charge in [0, 0.05) is 32.7 Å². The topological polar surface area (TPSA) is 33.7 Å². The van der Waals surface area contributed by atoms with E-state index >= 15 is 0 Å². The number of halogens is 2. The van der Waals surface area contributed by atoms with E-state index in [0.717, 1.165) is 38.2 Å². The molecule has 0 bridgehead atoms. The lowest BCUT2D eigenvalue weighted by atomic mass is 10.00. The number of nitrogens with zero attached hydrogens (tertiary/aromatic N) is 1. The van der Waals surface area contributed by atoms with Crippen molar-refractivity contribution < 1.29 is 18.3 Å². The number of ether oxygens (including phenoxy) is 2. The lowest BCUT2D eigenvalue weighted by Gasteiger charge is -2.28. The molecule has 0 unspecified atom stereocenters. The molecule has 0 radical (unpaired) electrons. The van der Waals surface area contributed by atoms with E-state index in [9.17, 15) is 8.78 Å². The molecule has 2 aromatic rings. The summed E-state index contributed by atoms with van der Waals surface area (Å²) in [7, 11) is 0. The number of hydrogen-bond donors (Lipinski definition) is 1. The fraction of sp³-hybridized carbons (Fsp3) is 0.429. The Morgan fingerprint density at radius 3 is 2.70 bits per heavy atom. The molecule has 0 aliphatic carbocycles. The monoisotopic (exact) mass is 376 g/mol. The summed E-state index contributed by atoms with van der Waals surface area (Å²) in [4.78, 5) is 2.44. The smallest absolute Gasteiger partial charge is 0.387 e. The normalized spacial score (nSPS) is 14.2. The van der Waals surface area contributed by atoms with Gasteiger partial charge in [0.1, 0.15) is 0 Å². The maximum atomic E-state index is 12.5. The third-order valence-corrected chi connectivity index (χ3v) is 4.67. The average Bonchev–Trinajstić information content (AvgIpc) is 2.67. The molecule has 0 saturated heterocycles. The van der Waals surface area contributed by atoms with Gasteiger partial charge >= 0.3 is 6.61 Å². The van der Waals surface area contributed by atoms with Crippen molar-refractivity contribution in [3.8, 4) is 11.5 Å². The second-order valence-corrected chi connectivity index (χ2v) is 6.56. The Hall–Kier alpha value is -2.18. The Bertz CT molecular complexity index is 740. The second kappa shape index (κ2) is 9.67. The van der Waals surface area contributed by atoms with Gasteiger partial charge in [-0.05, 0) is 42.2 Å². The molecule has 0 saturated carbocycles. The van der Waals surface area contributed by atoms with Gasteiger partial charge in [-0.15, -0.1) is 0 Å². The van der Waals surface area contributed by atoms with Crippen molar-refractivity contribution in [3.05, 3.63) is 59.2 Å². The number of fused-ring (bicyclic) bond motifs is 1. The fourth-order valence-electron chi connectivity index (χ4n) is 3.34. The van der Waals surface area contributed by atoms with Crippen LogP contribution < -0.4 is 14.8 Å². The highest BCUT2D eigenvalue weighted by Gasteiger charge is 2.15. The van der Waals surface area contributed by atoms with Crippen LogP contribution >= 0.6 is 0 Å². The molecular weight excluding hydrogens is 350 g/mol. The molecule has 2 aromatic carbocycles. The number of hydrogen-bond acceptors (Lipinski definition) is 4. The zero-order valence-electron chi connectivity index (χ0n) is 15.6. The predicted octanol–water partition coefficient (Wildman–Crippen LogP) is 3.83. The van der Waals surface area contributed by atoms with Crippen LogP contribution in [0.2, 0.25) is 0 Å². The fourth-order valence-corrected chi connectivity index (χ4v) is 3.34. The predicted molar refractivity (Wildman–Crippen MR) is 101 cm³/mol. The summed E-state index contributed by atoms with van der Waals surface area (Å²) in [5, 5.41) is 3.42. The molecule has 0 spiro atoms. The molecule has 0 aromatic heterocycles. The van der Waals surface area contributed by atoms with Crippen LogP contribution in [0, 0.1) is 0 Å². The van der Waals surface area contributed by atoms with E-state index in [2.05, 4.69) is 39.2 Å². The third kappa shape index (κ3) is 5.65. The van der Waals surface area contributed by atoms with Crippen molar-refractivity contribution in [1.82, 2.24) is 10.2 Å². The van der Waals surface area contributed by atoms with Crippen LogP contribution in [0.4, 0.5) is 8.78 Å². The summed E-state index contributed by atoms with van der Waals surface area (Å²) in [5.74, 6) is 0.423. The molecule has 1 aliphatic rings. The second-order valence-electron chi connectivity index (χ2n) is 6.56. The molecule has 1 aliphatic heterocycles. The molecule has 0 atom stereocenters. The van der Waals surface area contributed by atoms with Crippen molar-refractivity contribution in [2.75, 3.05) is 26.2 Å². The Balaban J connectivity index is 1.47.